The molecule has 0 saturated carbocycles. The van der Waals surface area contributed by atoms with Crippen LogP contribution in [0.3, 0.4) is 0 Å². The van der Waals surface area contributed by atoms with Crippen LogP contribution in [0, 0.1) is 5.92 Å². The van der Waals surface area contributed by atoms with Crippen molar-refractivity contribution in [3.8, 4) is 17.2 Å². The molecule has 0 aliphatic rings. The van der Waals surface area contributed by atoms with Crippen molar-refractivity contribution >= 4 is 66.4 Å². The molecule has 2 aromatic heterocycles. The first-order valence-electron chi connectivity index (χ1n) is 12.6. The smallest absolute Gasteiger partial charge is 0.306 e. The number of aliphatic carboxylic acids is 2. The average molecular weight is 585 g/mol. The summed E-state index contributed by atoms with van der Waals surface area (Å²) >= 11 is 2.61. The number of carboxylic acid groups (broad SMARTS) is 2. The lowest BCUT2D eigenvalue weighted by molar-refractivity contribution is -0.141. The zero-order valence-corrected chi connectivity index (χ0v) is 23.6. The quantitative estimate of drug-likeness (QED) is 0.122. The van der Waals surface area contributed by atoms with E-state index in [1.54, 1.807) is 18.2 Å². The van der Waals surface area contributed by atoms with Crippen molar-refractivity contribution < 1.29 is 43.6 Å². The van der Waals surface area contributed by atoms with Gasteiger partial charge in [-0.15, -0.1) is 22.7 Å². The summed E-state index contributed by atoms with van der Waals surface area (Å²) in [6.45, 7) is 2.27. The highest BCUT2D eigenvalue weighted by molar-refractivity contribution is 7.21. The van der Waals surface area contributed by atoms with Crippen molar-refractivity contribution in [2.75, 3.05) is 20.3 Å². The van der Waals surface area contributed by atoms with Gasteiger partial charge < -0.3 is 24.4 Å². The van der Waals surface area contributed by atoms with Crippen LogP contribution in [-0.4, -0.2) is 54.0 Å². The number of hydrogen-bond donors (Lipinski definition) is 2. The first-order valence-corrected chi connectivity index (χ1v) is 14.2. The number of ether oxygens (including phenoxy) is 3. The van der Waals surface area contributed by atoms with Crippen LogP contribution in [0.4, 0.5) is 0 Å². The normalized spacial score (nSPS) is 11.8. The molecule has 2 heterocycles. The van der Waals surface area contributed by atoms with E-state index in [1.807, 2.05) is 24.3 Å². The number of Topliss-reactive ketones (excluding diaryl/α,β-unsaturated/α-hetero) is 2. The summed E-state index contributed by atoms with van der Waals surface area (Å²) in [5, 5.41) is 19.6. The van der Waals surface area contributed by atoms with Crippen LogP contribution in [0.5, 0.6) is 17.2 Å². The van der Waals surface area contributed by atoms with Gasteiger partial charge in [0.1, 0.15) is 5.75 Å². The second-order valence-electron chi connectivity index (χ2n) is 9.20. The Hall–Kier alpha value is -3.96. The van der Waals surface area contributed by atoms with Crippen LogP contribution < -0.4 is 14.2 Å². The number of ketones is 2. The molecule has 0 fully saturated rings. The molecule has 0 bridgehead atoms. The standard InChI is InChI=1S/C29H28O9S2/c1-16(29(34)35)10-21(31)27-13-18-11-22(36-2)23(15-25(18)40-27)38-9-3-8-37-19-5-4-17-12-26(39-24(17)14-19)20(30)6-7-28(32)33/h4-5,11-16H,3,6-10H2,1-2H3,(H,32,33)(H,34,35)/t16-/m0/s1. The molecule has 210 valence electrons. The number of methoxy groups -OCH3 is 1. The summed E-state index contributed by atoms with van der Waals surface area (Å²) in [7, 11) is 1.54. The molecular formula is C29H28O9S2. The molecule has 0 aliphatic heterocycles. The first-order chi connectivity index (χ1) is 19.1. The van der Waals surface area contributed by atoms with E-state index in [-0.39, 0.29) is 30.8 Å². The number of carboxylic acids is 2. The lowest BCUT2D eigenvalue weighted by atomic mass is 10.0. The Bertz CT molecular complexity index is 1570. The van der Waals surface area contributed by atoms with Gasteiger partial charge in [-0.05, 0) is 47.2 Å². The lowest BCUT2D eigenvalue weighted by Gasteiger charge is -2.11. The fourth-order valence-corrected chi connectivity index (χ4v) is 6.02. The Balaban J connectivity index is 1.32. The van der Waals surface area contributed by atoms with Crippen LogP contribution in [0.2, 0.25) is 0 Å². The molecule has 11 heteroatoms. The maximum Gasteiger partial charge on any atom is 0.306 e. The molecule has 1 atom stereocenters. The molecule has 40 heavy (non-hydrogen) atoms. The van der Waals surface area contributed by atoms with Crippen LogP contribution in [-0.2, 0) is 9.59 Å². The van der Waals surface area contributed by atoms with Gasteiger partial charge in [-0.25, -0.2) is 0 Å². The van der Waals surface area contributed by atoms with Gasteiger partial charge in [-0.1, -0.05) is 6.92 Å². The fourth-order valence-electron chi connectivity index (χ4n) is 3.94. The third kappa shape index (κ3) is 7.16. The van der Waals surface area contributed by atoms with Gasteiger partial charge in [0, 0.05) is 34.7 Å². The van der Waals surface area contributed by atoms with Gasteiger partial charge in [0.15, 0.2) is 23.1 Å². The zero-order valence-electron chi connectivity index (χ0n) is 21.9. The van der Waals surface area contributed by atoms with Gasteiger partial charge in [0.25, 0.3) is 0 Å². The molecule has 4 aromatic rings. The van der Waals surface area contributed by atoms with E-state index in [0.717, 1.165) is 20.2 Å². The van der Waals surface area contributed by atoms with Crippen molar-refractivity contribution in [3.05, 3.63) is 52.2 Å². The van der Waals surface area contributed by atoms with Gasteiger partial charge in [0.05, 0.1) is 42.4 Å². The van der Waals surface area contributed by atoms with E-state index in [0.29, 0.717) is 46.6 Å². The number of benzene rings is 2. The maximum atomic E-state index is 12.5. The molecular weight excluding hydrogens is 556 g/mol. The van der Waals surface area contributed by atoms with E-state index >= 15 is 0 Å². The molecule has 0 amide bonds. The minimum atomic E-state index is -1.00. The Morgan fingerprint density at radius 2 is 1.48 bits per heavy atom. The highest BCUT2D eigenvalue weighted by Crippen LogP contribution is 2.37. The topological polar surface area (TPSA) is 136 Å². The van der Waals surface area contributed by atoms with E-state index in [9.17, 15) is 19.2 Å². The zero-order chi connectivity index (χ0) is 28.8. The monoisotopic (exact) mass is 584 g/mol. The largest absolute Gasteiger partial charge is 0.493 e. The Morgan fingerprint density at radius 3 is 2.17 bits per heavy atom. The summed E-state index contributed by atoms with van der Waals surface area (Å²) < 4.78 is 19.0. The Morgan fingerprint density at radius 1 is 0.800 bits per heavy atom. The van der Waals surface area contributed by atoms with Gasteiger partial charge in [0.2, 0.25) is 0 Å². The van der Waals surface area contributed by atoms with Crippen molar-refractivity contribution in [2.24, 2.45) is 5.92 Å². The van der Waals surface area contributed by atoms with Crippen molar-refractivity contribution in [1.29, 1.82) is 0 Å². The molecule has 0 radical (unpaired) electrons. The minimum Gasteiger partial charge on any atom is -0.493 e. The molecule has 0 unspecified atom stereocenters. The number of rotatable bonds is 15. The van der Waals surface area contributed by atoms with Crippen LogP contribution >= 0.6 is 22.7 Å². The summed E-state index contributed by atoms with van der Waals surface area (Å²) in [6, 6.07) is 12.7. The maximum absolute atomic E-state index is 12.5. The average Bonchev–Trinajstić information content (AvgIpc) is 3.54. The molecule has 4 rings (SSSR count). The third-order valence-electron chi connectivity index (χ3n) is 6.14. The minimum absolute atomic E-state index is 0.0267. The molecule has 2 N–H and O–H groups in total. The Labute approximate surface area is 237 Å². The van der Waals surface area contributed by atoms with E-state index in [2.05, 4.69) is 0 Å². The van der Waals surface area contributed by atoms with E-state index in [1.165, 1.54) is 36.7 Å². The van der Waals surface area contributed by atoms with Crippen LogP contribution in [0.1, 0.15) is 52.0 Å². The number of carbonyl (C=O) groups is 4. The van der Waals surface area contributed by atoms with Crippen molar-refractivity contribution in [3.63, 3.8) is 0 Å². The number of thiophene rings is 2. The fraction of sp³-hybridized carbons (Fsp3) is 0.310. The van der Waals surface area contributed by atoms with Crippen molar-refractivity contribution in [2.45, 2.75) is 32.6 Å². The highest BCUT2D eigenvalue weighted by Gasteiger charge is 2.20. The predicted molar refractivity (Wildman–Crippen MR) is 153 cm³/mol. The van der Waals surface area contributed by atoms with Crippen LogP contribution in [0.25, 0.3) is 20.2 Å². The second-order valence-corrected chi connectivity index (χ2v) is 11.4. The van der Waals surface area contributed by atoms with Gasteiger partial charge in [-0.2, -0.15) is 0 Å². The van der Waals surface area contributed by atoms with Crippen molar-refractivity contribution in [1.82, 2.24) is 0 Å². The molecule has 0 saturated heterocycles. The van der Waals surface area contributed by atoms with Gasteiger partial charge in [-0.3, -0.25) is 19.2 Å². The molecule has 2 aromatic carbocycles. The number of fused-ring (bicyclic) bond motifs is 2. The molecule has 0 spiro atoms. The lowest BCUT2D eigenvalue weighted by Crippen LogP contribution is -2.13. The summed E-state index contributed by atoms with van der Waals surface area (Å²) in [5.41, 5.74) is 0. The second kappa shape index (κ2) is 12.9. The SMILES string of the molecule is COc1cc2cc(C(=O)C[C@H](C)C(=O)O)sc2cc1OCCCOc1ccc2cc(C(=O)CCC(=O)O)sc2c1. The first kappa shape index (κ1) is 29.0. The number of carbonyl (C=O) groups excluding carboxylic acids is 2. The molecule has 9 nitrogen and oxygen atoms in total. The van der Waals surface area contributed by atoms with Gasteiger partial charge >= 0.3 is 11.9 Å². The van der Waals surface area contributed by atoms with E-state index in [4.69, 9.17) is 24.4 Å². The summed E-state index contributed by atoms with van der Waals surface area (Å²) in [4.78, 5) is 47.6. The summed E-state index contributed by atoms with van der Waals surface area (Å²) in [6.07, 6.45) is 0.310. The van der Waals surface area contributed by atoms with Crippen LogP contribution in [0.15, 0.2) is 42.5 Å². The number of hydrogen-bond acceptors (Lipinski definition) is 9. The predicted octanol–water partition coefficient (Wildman–Crippen LogP) is 6.31. The molecule has 0 aliphatic carbocycles. The highest BCUT2D eigenvalue weighted by atomic mass is 32.1. The third-order valence-corrected chi connectivity index (χ3v) is 8.42. The summed E-state index contributed by atoms with van der Waals surface area (Å²) in [5.74, 6) is -1.42. The Kier molecular flexibility index (Phi) is 9.38. The van der Waals surface area contributed by atoms with E-state index < -0.39 is 17.9 Å².